The Hall–Kier alpha value is -1.30. The van der Waals surface area contributed by atoms with Crippen LogP contribution in [-0.4, -0.2) is 20.9 Å². The average Bonchev–Trinajstić information content (AvgIpc) is 2.59. The van der Waals surface area contributed by atoms with Crippen LogP contribution in [-0.2, 0) is 0 Å². The number of rotatable bonds is 2. The molecule has 0 aromatic carbocycles. The van der Waals surface area contributed by atoms with Gasteiger partial charge in [-0.25, -0.2) is 9.97 Å². The number of carbonyl (C=O) groups excluding carboxylic acids is 1. The number of aromatic amines is 1. The molecule has 2 aromatic rings. The quantitative estimate of drug-likeness (QED) is 0.836. The molecule has 0 bridgehead atoms. The average molecular weight is 292 g/mol. The molecule has 2 N–H and O–H groups in total. The Morgan fingerprint density at radius 1 is 1.35 bits per heavy atom. The van der Waals surface area contributed by atoms with E-state index in [1.54, 1.807) is 0 Å². The number of nitrogens with one attached hydrogen (secondary N) is 2. The standard InChI is InChI=1S/C9H5Cl3N4O/c10-4-3-5(14-7(4)12)8(17)16-9-13-2-1-6(11)15-9/h1-3,14H,(H,13,15,16,17). The van der Waals surface area contributed by atoms with E-state index in [2.05, 4.69) is 20.3 Å². The van der Waals surface area contributed by atoms with Crippen LogP contribution in [0.2, 0.25) is 15.3 Å². The van der Waals surface area contributed by atoms with Crippen molar-refractivity contribution in [2.24, 2.45) is 0 Å². The molecule has 0 atom stereocenters. The molecule has 0 fully saturated rings. The molecule has 0 saturated carbocycles. The lowest BCUT2D eigenvalue weighted by molar-refractivity contribution is 0.102. The van der Waals surface area contributed by atoms with Crippen molar-refractivity contribution in [2.45, 2.75) is 0 Å². The molecule has 0 radical (unpaired) electrons. The largest absolute Gasteiger partial charge is 0.340 e. The smallest absolute Gasteiger partial charge is 0.274 e. The third-order valence-electron chi connectivity index (χ3n) is 1.82. The van der Waals surface area contributed by atoms with Crippen molar-refractivity contribution in [3.63, 3.8) is 0 Å². The van der Waals surface area contributed by atoms with Crippen molar-refractivity contribution in [3.8, 4) is 0 Å². The van der Waals surface area contributed by atoms with Gasteiger partial charge in [0, 0.05) is 6.20 Å². The molecule has 5 nitrogen and oxygen atoms in total. The van der Waals surface area contributed by atoms with Gasteiger partial charge in [-0.3, -0.25) is 10.1 Å². The third-order valence-corrected chi connectivity index (χ3v) is 2.72. The van der Waals surface area contributed by atoms with E-state index in [0.717, 1.165) is 0 Å². The third kappa shape index (κ3) is 2.88. The van der Waals surface area contributed by atoms with Gasteiger partial charge in [-0.15, -0.1) is 0 Å². The van der Waals surface area contributed by atoms with E-state index in [1.807, 2.05) is 0 Å². The first kappa shape index (κ1) is 12.2. The lowest BCUT2D eigenvalue weighted by Crippen LogP contribution is -2.14. The monoisotopic (exact) mass is 290 g/mol. The van der Waals surface area contributed by atoms with E-state index in [4.69, 9.17) is 34.8 Å². The maximum absolute atomic E-state index is 11.7. The highest BCUT2D eigenvalue weighted by Gasteiger charge is 2.12. The van der Waals surface area contributed by atoms with Crippen molar-refractivity contribution in [3.05, 3.63) is 39.4 Å². The molecule has 2 heterocycles. The topological polar surface area (TPSA) is 70.7 Å². The van der Waals surface area contributed by atoms with Gasteiger partial charge < -0.3 is 4.98 Å². The zero-order valence-electron chi connectivity index (χ0n) is 8.17. The predicted octanol–water partition coefficient (Wildman–Crippen LogP) is 3.02. The summed E-state index contributed by atoms with van der Waals surface area (Å²) >= 11 is 17.0. The number of nitrogens with zero attached hydrogens (tertiary/aromatic N) is 2. The van der Waals surface area contributed by atoms with Gasteiger partial charge >= 0.3 is 0 Å². The minimum Gasteiger partial charge on any atom is -0.340 e. The first-order chi connectivity index (χ1) is 8.06. The summed E-state index contributed by atoms with van der Waals surface area (Å²) in [6, 6.07) is 2.91. The van der Waals surface area contributed by atoms with Crippen molar-refractivity contribution in [2.75, 3.05) is 5.32 Å². The minimum atomic E-state index is -0.457. The van der Waals surface area contributed by atoms with Gasteiger partial charge in [-0.05, 0) is 12.1 Å². The first-order valence-corrected chi connectivity index (χ1v) is 5.53. The second-order valence-electron chi connectivity index (χ2n) is 3.00. The molecule has 2 rings (SSSR count). The van der Waals surface area contributed by atoms with Crippen LogP contribution in [0.3, 0.4) is 0 Å². The Morgan fingerprint density at radius 2 is 2.12 bits per heavy atom. The second-order valence-corrected chi connectivity index (χ2v) is 4.17. The van der Waals surface area contributed by atoms with Crippen LogP contribution >= 0.6 is 34.8 Å². The Bertz CT molecular complexity index is 550. The zero-order chi connectivity index (χ0) is 12.4. The Balaban J connectivity index is 2.17. The first-order valence-electron chi connectivity index (χ1n) is 4.40. The number of aromatic nitrogens is 3. The summed E-state index contributed by atoms with van der Waals surface area (Å²) in [5, 5.41) is 3.14. The van der Waals surface area contributed by atoms with Gasteiger partial charge in [0.2, 0.25) is 5.95 Å². The lowest BCUT2D eigenvalue weighted by atomic mass is 10.4. The molecule has 1 amide bonds. The summed E-state index contributed by atoms with van der Waals surface area (Å²) in [4.78, 5) is 22.0. The number of hydrogen-bond donors (Lipinski definition) is 2. The van der Waals surface area contributed by atoms with Crippen molar-refractivity contribution in [1.82, 2.24) is 15.0 Å². The van der Waals surface area contributed by atoms with Crippen molar-refractivity contribution < 1.29 is 4.79 Å². The van der Waals surface area contributed by atoms with Gasteiger partial charge in [0.25, 0.3) is 5.91 Å². The number of H-pyrrole nitrogens is 1. The number of halogens is 3. The number of amides is 1. The van der Waals surface area contributed by atoms with Crippen molar-refractivity contribution in [1.29, 1.82) is 0 Å². The van der Waals surface area contributed by atoms with E-state index in [1.165, 1.54) is 18.3 Å². The van der Waals surface area contributed by atoms with Crippen LogP contribution in [0.15, 0.2) is 18.3 Å². The highest BCUT2D eigenvalue weighted by molar-refractivity contribution is 6.41. The maximum atomic E-state index is 11.7. The SMILES string of the molecule is O=C(Nc1nccc(Cl)n1)c1cc(Cl)c(Cl)[nH]1. The van der Waals surface area contributed by atoms with E-state index in [-0.39, 0.29) is 27.0 Å². The number of carbonyl (C=O) groups is 1. The van der Waals surface area contributed by atoms with E-state index in [9.17, 15) is 4.79 Å². The van der Waals surface area contributed by atoms with Crippen LogP contribution in [0, 0.1) is 0 Å². The number of anilines is 1. The van der Waals surface area contributed by atoms with Gasteiger partial charge in [-0.2, -0.15) is 0 Å². The Morgan fingerprint density at radius 3 is 2.71 bits per heavy atom. The molecule has 0 spiro atoms. The number of hydrogen-bond acceptors (Lipinski definition) is 3. The summed E-state index contributed by atoms with van der Waals surface area (Å²) in [6.07, 6.45) is 1.43. The minimum absolute atomic E-state index is 0.101. The Labute approximate surface area is 111 Å². The van der Waals surface area contributed by atoms with E-state index >= 15 is 0 Å². The molecular weight excluding hydrogens is 286 g/mol. The van der Waals surface area contributed by atoms with Gasteiger partial charge in [-0.1, -0.05) is 34.8 Å². The molecule has 0 aliphatic carbocycles. The van der Waals surface area contributed by atoms with Crippen LogP contribution < -0.4 is 5.32 Å². The fraction of sp³-hybridized carbons (Fsp3) is 0. The molecule has 0 aliphatic rings. The molecule has 0 unspecified atom stereocenters. The fourth-order valence-corrected chi connectivity index (χ4v) is 1.54. The summed E-state index contributed by atoms with van der Waals surface area (Å²) in [5.41, 5.74) is 0.212. The van der Waals surface area contributed by atoms with Gasteiger partial charge in [0.15, 0.2) is 0 Å². The molecule has 88 valence electrons. The zero-order valence-corrected chi connectivity index (χ0v) is 10.4. The van der Waals surface area contributed by atoms with E-state index in [0.29, 0.717) is 0 Å². The van der Waals surface area contributed by atoms with Crippen LogP contribution in [0.1, 0.15) is 10.5 Å². The van der Waals surface area contributed by atoms with E-state index < -0.39 is 5.91 Å². The fourth-order valence-electron chi connectivity index (χ4n) is 1.09. The maximum Gasteiger partial charge on any atom is 0.274 e. The lowest BCUT2D eigenvalue weighted by Gasteiger charge is -2.01. The van der Waals surface area contributed by atoms with Gasteiger partial charge in [0.1, 0.15) is 16.0 Å². The van der Waals surface area contributed by atoms with Gasteiger partial charge in [0.05, 0.1) is 5.02 Å². The predicted molar refractivity (Wildman–Crippen MR) is 65.8 cm³/mol. The summed E-state index contributed by atoms with van der Waals surface area (Å²) < 4.78 is 0. The highest BCUT2D eigenvalue weighted by atomic mass is 35.5. The molecule has 17 heavy (non-hydrogen) atoms. The van der Waals surface area contributed by atoms with Crippen LogP contribution in [0.25, 0.3) is 0 Å². The molecule has 8 heteroatoms. The summed E-state index contributed by atoms with van der Waals surface area (Å²) in [6.45, 7) is 0. The van der Waals surface area contributed by atoms with Crippen LogP contribution in [0.5, 0.6) is 0 Å². The van der Waals surface area contributed by atoms with Crippen LogP contribution in [0.4, 0.5) is 5.95 Å². The molecular formula is C9H5Cl3N4O. The molecule has 0 saturated heterocycles. The highest BCUT2D eigenvalue weighted by Crippen LogP contribution is 2.22. The second kappa shape index (κ2) is 4.91. The normalized spacial score (nSPS) is 10.3. The molecule has 2 aromatic heterocycles. The summed E-state index contributed by atoms with van der Waals surface area (Å²) in [5.74, 6) is -0.356. The van der Waals surface area contributed by atoms with Crippen molar-refractivity contribution >= 4 is 46.7 Å². The summed E-state index contributed by atoms with van der Waals surface area (Å²) in [7, 11) is 0. The molecule has 0 aliphatic heterocycles. The Kier molecular flexibility index (Phi) is 3.51.